The highest BCUT2D eigenvalue weighted by Gasteiger charge is 2.34. The first-order chi connectivity index (χ1) is 6.78. The van der Waals surface area contributed by atoms with Crippen molar-refractivity contribution >= 4 is 17.7 Å². The molecule has 1 N–H and O–H groups in total. The van der Waals surface area contributed by atoms with Crippen LogP contribution in [-0.2, 0) is 4.79 Å². The molecule has 2 bridgehead atoms. The SMILES string of the molecule is CCCC(=O)NC1CC2CCC(C1)S2. The Kier molecular flexibility index (Phi) is 3.37. The zero-order valence-corrected chi connectivity index (χ0v) is 9.61. The molecule has 0 radical (unpaired) electrons. The quantitative estimate of drug-likeness (QED) is 0.779. The topological polar surface area (TPSA) is 29.1 Å². The Balaban J connectivity index is 1.79. The molecule has 80 valence electrons. The van der Waals surface area contributed by atoms with Gasteiger partial charge >= 0.3 is 0 Å². The van der Waals surface area contributed by atoms with Gasteiger partial charge in [-0.05, 0) is 32.1 Å². The predicted octanol–water partition coefficient (Wildman–Crippen LogP) is 2.33. The van der Waals surface area contributed by atoms with Gasteiger partial charge in [0.2, 0.25) is 5.91 Å². The number of thioether (sulfide) groups is 1. The lowest BCUT2D eigenvalue weighted by atomic mass is 10.1. The molecule has 14 heavy (non-hydrogen) atoms. The van der Waals surface area contributed by atoms with Gasteiger partial charge in [0.15, 0.2) is 0 Å². The van der Waals surface area contributed by atoms with Crippen molar-refractivity contribution in [3.8, 4) is 0 Å². The van der Waals surface area contributed by atoms with Crippen LogP contribution in [-0.4, -0.2) is 22.4 Å². The summed E-state index contributed by atoms with van der Waals surface area (Å²) in [5.41, 5.74) is 0. The first-order valence-electron chi connectivity index (χ1n) is 5.72. The third kappa shape index (κ3) is 2.44. The van der Waals surface area contributed by atoms with Crippen LogP contribution in [0.4, 0.5) is 0 Å². The molecule has 2 unspecified atom stereocenters. The molecule has 2 aliphatic heterocycles. The van der Waals surface area contributed by atoms with Gasteiger partial charge in [-0.2, -0.15) is 11.8 Å². The molecular formula is C11H19NOS. The predicted molar refractivity (Wildman–Crippen MR) is 60.5 cm³/mol. The maximum absolute atomic E-state index is 11.4. The maximum atomic E-state index is 11.4. The second-order valence-electron chi connectivity index (χ2n) is 4.44. The van der Waals surface area contributed by atoms with Crippen molar-refractivity contribution in [3.63, 3.8) is 0 Å². The van der Waals surface area contributed by atoms with Crippen LogP contribution in [0.25, 0.3) is 0 Å². The van der Waals surface area contributed by atoms with E-state index in [2.05, 4.69) is 24.0 Å². The minimum atomic E-state index is 0.254. The van der Waals surface area contributed by atoms with Gasteiger partial charge in [0.05, 0.1) is 0 Å². The zero-order valence-electron chi connectivity index (χ0n) is 8.79. The van der Waals surface area contributed by atoms with Gasteiger partial charge in [-0.25, -0.2) is 0 Å². The number of carbonyl (C=O) groups excluding carboxylic acids is 1. The molecule has 2 fully saturated rings. The average molecular weight is 213 g/mol. The standard InChI is InChI=1S/C11H19NOS/c1-2-3-11(13)12-8-6-9-4-5-10(7-8)14-9/h8-10H,2-7H2,1H3,(H,12,13). The number of nitrogens with one attached hydrogen (secondary N) is 1. The first kappa shape index (κ1) is 10.3. The van der Waals surface area contributed by atoms with Crippen molar-refractivity contribution in [2.24, 2.45) is 0 Å². The van der Waals surface area contributed by atoms with E-state index >= 15 is 0 Å². The maximum Gasteiger partial charge on any atom is 0.220 e. The van der Waals surface area contributed by atoms with Gasteiger partial charge in [-0.3, -0.25) is 4.79 Å². The van der Waals surface area contributed by atoms with Crippen molar-refractivity contribution in [2.75, 3.05) is 0 Å². The van der Waals surface area contributed by atoms with Crippen molar-refractivity contribution in [3.05, 3.63) is 0 Å². The second-order valence-corrected chi connectivity index (χ2v) is 6.05. The Morgan fingerprint density at radius 1 is 1.36 bits per heavy atom. The Labute approximate surface area is 90.2 Å². The summed E-state index contributed by atoms with van der Waals surface area (Å²) in [4.78, 5) is 11.4. The molecule has 2 saturated heterocycles. The summed E-state index contributed by atoms with van der Waals surface area (Å²) in [5.74, 6) is 0.254. The number of rotatable bonds is 3. The van der Waals surface area contributed by atoms with Crippen LogP contribution in [0.15, 0.2) is 0 Å². The van der Waals surface area contributed by atoms with Crippen LogP contribution in [0.5, 0.6) is 0 Å². The Hall–Kier alpha value is -0.180. The Morgan fingerprint density at radius 3 is 2.57 bits per heavy atom. The molecule has 3 heteroatoms. The van der Waals surface area contributed by atoms with Crippen molar-refractivity contribution in [1.82, 2.24) is 5.32 Å². The summed E-state index contributed by atoms with van der Waals surface area (Å²) in [6, 6.07) is 0.479. The van der Waals surface area contributed by atoms with Gasteiger partial charge < -0.3 is 5.32 Å². The second kappa shape index (κ2) is 4.56. The lowest BCUT2D eigenvalue weighted by Gasteiger charge is -2.28. The zero-order chi connectivity index (χ0) is 9.97. The fraction of sp³-hybridized carbons (Fsp3) is 0.909. The highest BCUT2D eigenvalue weighted by molar-refractivity contribution is 8.00. The van der Waals surface area contributed by atoms with Gasteiger partial charge in [-0.1, -0.05) is 6.92 Å². The molecule has 0 aromatic rings. The van der Waals surface area contributed by atoms with Gasteiger partial charge in [0.1, 0.15) is 0 Å². The van der Waals surface area contributed by atoms with Gasteiger partial charge in [0, 0.05) is 23.0 Å². The Morgan fingerprint density at radius 2 is 2.00 bits per heavy atom. The number of hydrogen-bond donors (Lipinski definition) is 1. The highest BCUT2D eigenvalue weighted by Crippen LogP contribution is 2.43. The molecule has 0 aliphatic carbocycles. The van der Waals surface area contributed by atoms with Crippen molar-refractivity contribution < 1.29 is 4.79 Å². The van der Waals surface area contributed by atoms with E-state index in [-0.39, 0.29) is 5.91 Å². The van der Waals surface area contributed by atoms with Gasteiger partial charge in [0.25, 0.3) is 0 Å². The monoisotopic (exact) mass is 213 g/mol. The van der Waals surface area contributed by atoms with E-state index in [1.165, 1.54) is 25.7 Å². The summed E-state index contributed by atoms with van der Waals surface area (Å²) in [5, 5.41) is 4.84. The molecule has 2 atom stereocenters. The number of carbonyl (C=O) groups is 1. The summed E-state index contributed by atoms with van der Waals surface area (Å²) in [6.07, 6.45) is 6.80. The molecule has 1 amide bonds. The molecule has 0 spiro atoms. The van der Waals surface area contributed by atoms with Crippen LogP contribution < -0.4 is 5.32 Å². The van der Waals surface area contributed by atoms with E-state index in [0.717, 1.165) is 16.9 Å². The van der Waals surface area contributed by atoms with E-state index in [1.807, 2.05) is 0 Å². The van der Waals surface area contributed by atoms with E-state index in [1.54, 1.807) is 0 Å². The van der Waals surface area contributed by atoms with Crippen LogP contribution in [0.1, 0.15) is 45.4 Å². The molecule has 2 heterocycles. The third-order valence-corrected chi connectivity index (χ3v) is 4.76. The van der Waals surface area contributed by atoms with Crippen LogP contribution in [0, 0.1) is 0 Å². The summed E-state index contributed by atoms with van der Waals surface area (Å²) in [7, 11) is 0. The van der Waals surface area contributed by atoms with Crippen LogP contribution in [0.2, 0.25) is 0 Å². The average Bonchev–Trinajstić information content (AvgIpc) is 2.46. The number of amides is 1. The van der Waals surface area contributed by atoms with E-state index < -0.39 is 0 Å². The summed E-state index contributed by atoms with van der Waals surface area (Å²) in [6.45, 7) is 2.06. The first-order valence-corrected chi connectivity index (χ1v) is 6.67. The molecule has 0 saturated carbocycles. The molecule has 2 rings (SSSR count). The highest BCUT2D eigenvalue weighted by atomic mass is 32.2. The minimum absolute atomic E-state index is 0.254. The molecule has 2 aliphatic rings. The summed E-state index contributed by atoms with van der Waals surface area (Å²) < 4.78 is 0. The van der Waals surface area contributed by atoms with Gasteiger partial charge in [-0.15, -0.1) is 0 Å². The lowest BCUT2D eigenvalue weighted by Crippen LogP contribution is -2.39. The molecule has 2 nitrogen and oxygen atoms in total. The van der Waals surface area contributed by atoms with E-state index in [4.69, 9.17) is 0 Å². The molecular weight excluding hydrogens is 194 g/mol. The smallest absolute Gasteiger partial charge is 0.220 e. The fourth-order valence-corrected chi connectivity index (χ4v) is 4.28. The normalized spacial score (nSPS) is 35.6. The third-order valence-electron chi connectivity index (χ3n) is 3.13. The molecule has 0 aromatic heterocycles. The fourth-order valence-electron chi connectivity index (χ4n) is 2.50. The Bertz CT molecular complexity index is 207. The van der Waals surface area contributed by atoms with Crippen LogP contribution in [0.3, 0.4) is 0 Å². The van der Waals surface area contributed by atoms with E-state index in [9.17, 15) is 4.79 Å². The van der Waals surface area contributed by atoms with Crippen molar-refractivity contribution in [1.29, 1.82) is 0 Å². The van der Waals surface area contributed by atoms with Crippen LogP contribution >= 0.6 is 11.8 Å². The number of hydrogen-bond acceptors (Lipinski definition) is 2. The number of fused-ring (bicyclic) bond motifs is 2. The summed E-state index contributed by atoms with van der Waals surface area (Å²) >= 11 is 2.15. The van der Waals surface area contributed by atoms with Crippen molar-refractivity contribution in [2.45, 2.75) is 62.0 Å². The largest absolute Gasteiger partial charge is 0.353 e. The minimum Gasteiger partial charge on any atom is -0.353 e. The lowest BCUT2D eigenvalue weighted by molar-refractivity contribution is -0.121. The molecule has 0 aromatic carbocycles. The van der Waals surface area contributed by atoms with E-state index in [0.29, 0.717) is 12.5 Å².